The number of para-hydroxylation sites is 1. The van der Waals surface area contributed by atoms with Gasteiger partial charge in [0.15, 0.2) is 17.5 Å². The number of anilines is 1. The summed E-state index contributed by atoms with van der Waals surface area (Å²) in [7, 11) is 0. The molecule has 0 saturated heterocycles. The van der Waals surface area contributed by atoms with Crippen LogP contribution in [0.2, 0.25) is 0 Å². The molecule has 0 fully saturated rings. The van der Waals surface area contributed by atoms with Crippen LogP contribution in [0.4, 0.5) is 5.69 Å². The lowest BCUT2D eigenvalue weighted by Crippen LogP contribution is -2.24. The van der Waals surface area contributed by atoms with Crippen molar-refractivity contribution >= 4 is 5.69 Å². The van der Waals surface area contributed by atoms with Crippen LogP contribution in [-0.4, -0.2) is 15.0 Å². The molecule has 0 radical (unpaired) electrons. The quantitative estimate of drug-likeness (QED) is 0.197. The molecule has 1 aliphatic rings. The summed E-state index contributed by atoms with van der Waals surface area (Å²) in [6.07, 6.45) is 0. The Kier molecular flexibility index (Phi) is 6.88. The van der Waals surface area contributed by atoms with Crippen molar-refractivity contribution < 1.29 is 4.74 Å². The Morgan fingerprint density at radius 2 is 0.915 bits per heavy atom. The first-order valence-electron chi connectivity index (χ1n) is 15.7. The Morgan fingerprint density at radius 1 is 0.426 bits per heavy atom. The van der Waals surface area contributed by atoms with E-state index in [2.05, 4.69) is 80.6 Å². The summed E-state index contributed by atoms with van der Waals surface area (Å²) in [5, 5.41) is 0. The highest BCUT2D eigenvalue weighted by molar-refractivity contribution is 5.75. The van der Waals surface area contributed by atoms with E-state index < -0.39 is 0 Å². The van der Waals surface area contributed by atoms with Crippen LogP contribution in [0.25, 0.3) is 56.4 Å². The molecule has 0 atom stereocenters. The van der Waals surface area contributed by atoms with Gasteiger partial charge in [-0.05, 0) is 64.7 Å². The molecule has 0 aliphatic carbocycles. The zero-order valence-electron chi connectivity index (χ0n) is 26.2. The number of hydrogen-bond acceptors (Lipinski definition) is 5. The molecule has 5 heteroatoms. The van der Waals surface area contributed by atoms with Gasteiger partial charge in [-0.15, -0.1) is 0 Å². The van der Waals surface area contributed by atoms with Crippen molar-refractivity contribution in [3.63, 3.8) is 0 Å². The SMILES string of the molecule is CC1(C)c2ccccc2Oc2ccc(-c3nc(-c4ccccc4)nc(-c4cccc(-c5ccc(-c6ccc(N)cc6)cc5)c4)n3)cc21. The van der Waals surface area contributed by atoms with E-state index in [9.17, 15) is 0 Å². The molecule has 1 aromatic heterocycles. The number of nitrogens with two attached hydrogens (primary N) is 1. The van der Waals surface area contributed by atoms with Gasteiger partial charge in [-0.3, -0.25) is 0 Å². The fourth-order valence-electron chi connectivity index (χ4n) is 6.30. The first kappa shape index (κ1) is 28.4. The Balaban J connectivity index is 1.20. The third-order valence-corrected chi connectivity index (χ3v) is 8.94. The van der Waals surface area contributed by atoms with E-state index in [1.807, 2.05) is 78.9 Å². The molecule has 2 heterocycles. The number of hydrogen-bond donors (Lipinski definition) is 1. The topological polar surface area (TPSA) is 73.9 Å². The van der Waals surface area contributed by atoms with Gasteiger partial charge in [0, 0.05) is 38.9 Å². The molecule has 6 aromatic carbocycles. The van der Waals surface area contributed by atoms with Crippen molar-refractivity contribution in [1.29, 1.82) is 0 Å². The van der Waals surface area contributed by atoms with Gasteiger partial charge in [-0.1, -0.05) is 117 Å². The summed E-state index contributed by atoms with van der Waals surface area (Å²) < 4.78 is 6.32. The molecule has 7 aromatic rings. The third-order valence-electron chi connectivity index (χ3n) is 8.94. The lowest BCUT2D eigenvalue weighted by atomic mass is 9.75. The Bertz CT molecular complexity index is 2240. The smallest absolute Gasteiger partial charge is 0.164 e. The Labute approximate surface area is 274 Å². The number of fused-ring (bicyclic) bond motifs is 2. The van der Waals surface area contributed by atoms with Gasteiger partial charge in [0.1, 0.15) is 11.5 Å². The van der Waals surface area contributed by atoms with Crippen molar-refractivity contribution in [2.45, 2.75) is 19.3 Å². The average molecular weight is 609 g/mol. The number of nitrogens with zero attached hydrogens (tertiary/aromatic N) is 3. The molecular weight excluding hydrogens is 576 g/mol. The average Bonchev–Trinajstić information content (AvgIpc) is 3.12. The second-order valence-electron chi connectivity index (χ2n) is 12.4. The predicted molar refractivity (Wildman–Crippen MR) is 190 cm³/mol. The fraction of sp³-hybridized carbons (Fsp3) is 0.0714. The van der Waals surface area contributed by atoms with Gasteiger partial charge in [0.05, 0.1) is 0 Å². The summed E-state index contributed by atoms with van der Waals surface area (Å²) in [5.74, 6) is 3.61. The fourth-order valence-corrected chi connectivity index (χ4v) is 6.30. The van der Waals surface area contributed by atoms with Gasteiger partial charge in [0.2, 0.25) is 0 Å². The van der Waals surface area contributed by atoms with Crippen LogP contribution in [0.3, 0.4) is 0 Å². The van der Waals surface area contributed by atoms with Gasteiger partial charge < -0.3 is 10.5 Å². The molecule has 0 unspecified atom stereocenters. The maximum Gasteiger partial charge on any atom is 0.164 e. The summed E-state index contributed by atoms with van der Waals surface area (Å²) in [5.41, 5.74) is 15.9. The molecule has 47 heavy (non-hydrogen) atoms. The molecule has 2 N–H and O–H groups in total. The van der Waals surface area contributed by atoms with E-state index in [4.69, 9.17) is 25.4 Å². The van der Waals surface area contributed by atoms with Crippen LogP contribution in [0.5, 0.6) is 11.5 Å². The van der Waals surface area contributed by atoms with E-state index in [1.54, 1.807) is 0 Å². The molecule has 1 aliphatic heterocycles. The van der Waals surface area contributed by atoms with Crippen molar-refractivity contribution in [2.24, 2.45) is 0 Å². The lowest BCUT2D eigenvalue weighted by molar-refractivity contribution is 0.418. The van der Waals surface area contributed by atoms with Crippen LogP contribution in [0, 0.1) is 0 Å². The summed E-state index contributed by atoms with van der Waals surface area (Å²) in [6.45, 7) is 4.47. The molecular formula is C42H32N4O. The number of aromatic nitrogens is 3. The summed E-state index contributed by atoms with van der Waals surface area (Å²) in [4.78, 5) is 15.0. The molecule has 0 bridgehead atoms. The highest BCUT2D eigenvalue weighted by atomic mass is 16.5. The van der Waals surface area contributed by atoms with E-state index in [-0.39, 0.29) is 5.41 Å². The van der Waals surface area contributed by atoms with Gasteiger partial charge in [-0.25, -0.2) is 15.0 Å². The highest BCUT2D eigenvalue weighted by Crippen LogP contribution is 2.48. The number of rotatable bonds is 5. The van der Waals surface area contributed by atoms with E-state index >= 15 is 0 Å². The molecule has 0 spiro atoms. The third kappa shape index (κ3) is 5.32. The van der Waals surface area contributed by atoms with Crippen molar-refractivity contribution in [3.8, 4) is 67.9 Å². The van der Waals surface area contributed by atoms with Gasteiger partial charge >= 0.3 is 0 Å². The van der Waals surface area contributed by atoms with Crippen LogP contribution in [0.15, 0.2) is 146 Å². The van der Waals surface area contributed by atoms with Gasteiger partial charge in [-0.2, -0.15) is 0 Å². The Morgan fingerprint density at radius 3 is 1.62 bits per heavy atom. The van der Waals surface area contributed by atoms with Crippen LogP contribution in [0.1, 0.15) is 25.0 Å². The monoisotopic (exact) mass is 608 g/mol. The number of nitrogen functional groups attached to an aromatic ring is 1. The maximum atomic E-state index is 6.32. The summed E-state index contributed by atoms with van der Waals surface area (Å²) in [6, 6.07) is 49.4. The summed E-state index contributed by atoms with van der Waals surface area (Å²) >= 11 is 0. The number of ether oxygens (including phenoxy) is 1. The van der Waals surface area contributed by atoms with Gasteiger partial charge in [0.25, 0.3) is 0 Å². The predicted octanol–water partition coefficient (Wildman–Crippen LogP) is 10.2. The zero-order valence-corrected chi connectivity index (χ0v) is 26.2. The molecule has 226 valence electrons. The van der Waals surface area contributed by atoms with E-state index in [1.165, 1.54) is 0 Å². The Hall–Kier alpha value is -6.07. The number of benzene rings is 6. The van der Waals surface area contributed by atoms with E-state index in [0.29, 0.717) is 17.5 Å². The standard InChI is InChI=1S/C42H32N4O/c1-42(2)35-13-6-7-14-37(35)47-38-24-21-33(26-36(38)42)41-45-39(30-9-4-3-5-10-30)44-40(46-41)32-12-8-11-31(25-32)29-17-15-27(16-18-29)28-19-22-34(43)23-20-28/h3-26H,43H2,1-2H3. The maximum absolute atomic E-state index is 6.32. The molecule has 0 amide bonds. The molecule has 8 rings (SSSR count). The first-order valence-corrected chi connectivity index (χ1v) is 15.7. The minimum atomic E-state index is -0.254. The first-order chi connectivity index (χ1) is 22.9. The van der Waals surface area contributed by atoms with Crippen molar-refractivity contribution in [3.05, 3.63) is 157 Å². The minimum absolute atomic E-state index is 0.254. The highest BCUT2D eigenvalue weighted by Gasteiger charge is 2.34. The largest absolute Gasteiger partial charge is 0.457 e. The lowest BCUT2D eigenvalue weighted by Gasteiger charge is -2.34. The van der Waals surface area contributed by atoms with Crippen LogP contribution in [-0.2, 0) is 5.41 Å². The minimum Gasteiger partial charge on any atom is -0.457 e. The van der Waals surface area contributed by atoms with Crippen LogP contribution < -0.4 is 10.5 Å². The normalized spacial score (nSPS) is 12.9. The van der Waals surface area contributed by atoms with Crippen LogP contribution >= 0.6 is 0 Å². The van der Waals surface area contributed by atoms with Crippen molar-refractivity contribution in [1.82, 2.24) is 15.0 Å². The second-order valence-corrected chi connectivity index (χ2v) is 12.4. The van der Waals surface area contributed by atoms with E-state index in [0.717, 1.165) is 67.3 Å². The van der Waals surface area contributed by atoms with Crippen molar-refractivity contribution in [2.75, 3.05) is 5.73 Å². The zero-order chi connectivity index (χ0) is 32.0. The molecule has 5 nitrogen and oxygen atoms in total. The molecule has 0 saturated carbocycles. The second kappa shape index (κ2) is 11.4.